The van der Waals surface area contributed by atoms with E-state index in [0.29, 0.717) is 16.5 Å². The molecule has 1 heteroatoms. The van der Waals surface area contributed by atoms with Gasteiger partial charge in [0, 0.05) is 17.1 Å². The molecule has 0 aliphatic rings. The van der Waals surface area contributed by atoms with Gasteiger partial charge in [-0.05, 0) is 125 Å². The standard InChI is InChI=1S/C52H35N/c1-2-13-36(14-3-1)37-25-29-42(30-26-37)53(43-31-27-38(28-32-43)51-34-40-15-4-6-19-45(40)47-21-8-10-23-49(47)51)44-18-12-17-39(33-44)52-35-41-16-5-7-20-46(41)48-22-9-11-24-50(48)52/h1-35H/i1D,2D,3D,13D,14D,25D,26D,27D,28D,29D,30D,31D,32D. The van der Waals surface area contributed by atoms with Gasteiger partial charge < -0.3 is 4.90 Å². The lowest BCUT2D eigenvalue weighted by atomic mass is 9.93. The zero-order chi connectivity index (χ0) is 46.5. The maximum atomic E-state index is 9.73. The molecule has 10 aromatic carbocycles. The van der Waals surface area contributed by atoms with E-state index in [9.17, 15) is 11.0 Å². The molecular formula is C52H35N. The van der Waals surface area contributed by atoms with Crippen molar-refractivity contribution in [2.24, 2.45) is 0 Å². The zero-order valence-corrected chi connectivity index (χ0v) is 28.1. The Hall–Kier alpha value is -6.96. The number of anilines is 3. The van der Waals surface area contributed by atoms with Crippen molar-refractivity contribution in [3.05, 3.63) is 212 Å². The fourth-order valence-corrected chi connectivity index (χ4v) is 7.21. The van der Waals surface area contributed by atoms with Gasteiger partial charge in [0.05, 0.1) is 17.8 Å². The van der Waals surface area contributed by atoms with E-state index >= 15 is 0 Å². The monoisotopic (exact) mass is 686 g/mol. The molecule has 0 heterocycles. The Kier molecular flexibility index (Phi) is 4.94. The fourth-order valence-electron chi connectivity index (χ4n) is 7.21. The molecule has 0 aliphatic heterocycles. The van der Waals surface area contributed by atoms with E-state index in [1.165, 1.54) is 4.90 Å². The minimum atomic E-state index is -0.735. The van der Waals surface area contributed by atoms with Crippen LogP contribution in [0.3, 0.4) is 0 Å². The quantitative estimate of drug-likeness (QED) is 0.157. The van der Waals surface area contributed by atoms with Crippen molar-refractivity contribution in [1.29, 1.82) is 0 Å². The van der Waals surface area contributed by atoms with Crippen LogP contribution in [0.25, 0.3) is 76.5 Å². The van der Waals surface area contributed by atoms with Gasteiger partial charge in [0.25, 0.3) is 0 Å². The van der Waals surface area contributed by atoms with Gasteiger partial charge >= 0.3 is 0 Å². The molecule has 0 saturated carbocycles. The molecule has 10 rings (SSSR count). The molecule has 53 heavy (non-hydrogen) atoms. The lowest BCUT2D eigenvalue weighted by Gasteiger charge is -2.27. The van der Waals surface area contributed by atoms with Gasteiger partial charge in [0.2, 0.25) is 0 Å². The third-order valence-electron chi connectivity index (χ3n) is 9.64. The van der Waals surface area contributed by atoms with Gasteiger partial charge in [0.15, 0.2) is 0 Å². The van der Waals surface area contributed by atoms with E-state index in [0.717, 1.165) is 43.3 Å². The van der Waals surface area contributed by atoms with Crippen molar-refractivity contribution in [3.63, 3.8) is 0 Å². The third-order valence-corrected chi connectivity index (χ3v) is 9.64. The van der Waals surface area contributed by atoms with Crippen LogP contribution < -0.4 is 4.90 Å². The van der Waals surface area contributed by atoms with Crippen molar-refractivity contribution < 1.29 is 17.8 Å². The molecule has 0 radical (unpaired) electrons. The highest BCUT2D eigenvalue weighted by atomic mass is 15.1. The summed E-state index contributed by atoms with van der Waals surface area (Å²) in [7, 11) is 0. The minimum Gasteiger partial charge on any atom is -0.310 e. The summed E-state index contributed by atoms with van der Waals surface area (Å²) in [6, 6.07) is 33.7. The summed E-state index contributed by atoms with van der Waals surface area (Å²) in [6.45, 7) is 0. The van der Waals surface area contributed by atoms with E-state index < -0.39 is 95.4 Å². The molecule has 0 amide bonds. The Balaban J connectivity index is 1.28. The first-order chi connectivity index (χ1) is 31.7. The Labute approximate surface area is 327 Å². The highest BCUT2D eigenvalue weighted by Gasteiger charge is 2.17. The smallest absolute Gasteiger partial charge is 0.0645 e. The Morgan fingerprint density at radius 2 is 0.755 bits per heavy atom. The van der Waals surface area contributed by atoms with Crippen molar-refractivity contribution in [2.75, 3.05) is 4.90 Å². The molecule has 0 saturated heterocycles. The van der Waals surface area contributed by atoms with Crippen LogP contribution in [-0.4, -0.2) is 0 Å². The van der Waals surface area contributed by atoms with Crippen LogP contribution in [0.15, 0.2) is 212 Å². The summed E-state index contributed by atoms with van der Waals surface area (Å²) >= 11 is 0. The Morgan fingerprint density at radius 1 is 0.302 bits per heavy atom. The zero-order valence-electron chi connectivity index (χ0n) is 41.1. The van der Waals surface area contributed by atoms with Crippen molar-refractivity contribution in [3.8, 4) is 33.4 Å². The Morgan fingerprint density at radius 3 is 1.32 bits per heavy atom. The average molecular weight is 687 g/mol. The minimum absolute atomic E-state index is 0.0307. The number of benzene rings is 10. The lowest BCUT2D eigenvalue weighted by Crippen LogP contribution is -2.10. The van der Waals surface area contributed by atoms with Gasteiger partial charge in [-0.1, -0.05) is 164 Å². The van der Waals surface area contributed by atoms with Crippen molar-refractivity contribution in [2.45, 2.75) is 0 Å². The SMILES string of the molecule is [2H]c1c([2H])c([2H])c(-c2c([2H])c([2H])c(N(c3cccc(-c4cc5ccccc5c5ccccc45)c3)c3c([2H])c([2H])c(-c4cc5ccccc5c5ccccc45)c([2H])c3[2H])c([2H])c2[2H])c([2H])c1[2H]. The molecule has 0 aromatic heterocycles. The molecule has 0 unspecified atom stereocenters. The normalized spacial score (nSPS) is 14.8. The highest BCUT2D eigenvalue weighted by Crippen LogP contribution is 2.42. The van der Waals surface area contributed by atoms with E-state index in [1.807, 2.05) is 115 Å². The molecule has 10 aromatic rings. The molecule has 248 valence electrons. The van der Waals surface area contributed by atoms with Crippen molar-refractivity contribution >= 4 is 60.2 Å². The molecule has 0 atom stereocenters. The van der Waals surface area contributed by atoms with Gasteiger partial charge in [-0.15, -0.1) is 0 Å². The van der Waals surface area contributed by atoms with Gasteiger partial charge in [0.1, 0.15) is 0 Å². The molecule has 0 N–H and O–H groups in total. The maximum Gasteiger partial charge on any atom is 0.0645 e. The molecule has 0 spiro atoms. The summed E-state index contributed by atoms with van der Waals surface area (Å²) in [4.78, 5) is 1.21. The topological polar surface area (TPSA) is 3.24 Å². The van der Waals surface area contributed by atoms with Crippen LogP contribution in [0, 0.1) is 0 Å². The van der Waals surface area contributed by atoms with E-state index in [4.69, 9.17) is 6.85 Å². The molecule has 0 bridgehead atoms. The molecule has 1 nitrogen and oxygen atoms in total. The van der Waals surface area contributed by atoms with Crippen LogP contribution >= 0.6 is 0 Å². The number of hydrogen-bond donors (Lipinski definition) is 0. The second kappa shape index (κ2) is 13.0. The number of rotatable bonds is 6. The maximum absolute atomic E-state index is 9.73. The first kappa shape index (κ1) is 20.2. The van der Waals surface area contributed by atoms with Gasteiger partial charge in [-0.3, -0.25) is 0 Å². The summed E-state index contributed by atoms with van der Waals surface area (Å²) in [5.74, 6) is 0. The van der Waals surface area contributed by atoms with Crippen LogP contribution in [0.4, 0.5) is 17.1 Å². The summed E-state index contributed by atoms with van der Waals surface area (Å²) < 4.78 is 118. The largest absolute Gasteiger partial charge is 0.310 e. The average Bonchev–Trinajstić information content (AvgIpc) is 3.34. The van der Waals surface area contributed by atoms with Crippen LogP contribution in [0.2, 0.25) is 0 Å². The van der Waals surface area contributed by atoms with Crippen LogP contribution in [0.1, 0.15) is 17.8 Å². The highest BCUT2D eigenvalue weighted by molar-refractivity contribution is 6.15. The summed E-state index contributed by atoms with van der Waals surface area (Å²) in [5.41, 5.74) is 0.339. The predicted molar refractivity (Wildman–Crippen MR) is 227 cm³/mol. The molecular weight excluding hydrogens is 639 g/mol. The van der Waals surface area contributed by atoms with Gasteiger partial charge in [-0.2, -0.15) is 0 Å². The summed E-state index contributed by atoms with van der Waals surface area (Å²) in [6.07, 6.45) is 0. The number of hydrogen-bond acceptors (Lipinski definition) is 1. The number of fused-ring (bicyclic) bond motifs is 6. The Bertz CT molecular complexity index is 3630. The van der Waals surface area contributed by atoms with Gasteiger partial charge in [-0.25, -0.2) is 0 Å². The first-order valence-electron chi connectivity index (χ1n) is 23.7. The van der Waals surface area contributed by atoms with E-state index in [-0.39, 0.29) is 16.9 Å². The van der Waals surface area contributed by atoms with E-state index in [2.05, 4.69) is 0 Å². The fraction of sp³-hybridized carbons (Fsp3) is 0. The molecule has 0 aliphatic carbocycles. The van der Waals surface area contributed by atoms with Crippen molar-refractivity contribution in [1.82, 2.24) is 0 Å². The van der Waals surface area contributed by atoms with E-state index in [1.54, 1.807) is 18.2 Å². The molecule has 0 fully saturated rings. The third kappa shape index (κ3) is 5.51. The predicted octanol–water partition coefficient (Wildman–Crippen LogP) is 14.8. The lowest BCUT2D eigenvalue weighted by molar-refractivity contribution is 1.28. The second-order valence-electron chi connectivity index (χ2n) is 12.7. The van der Waals surface area contributed by atoms with Crippen LogP contribution in [-0.2, 0) is 0 Å². The second-order valence-corrected chi connectivity index (χ2v) is 12.7. The number of nitrogens with zero attached hydrogens (tertiary/aromatic N) is 1. The first-order valence-corrected chi connectivity index (χ1v) is 17.2. The summed E-state index contributed by atoms with van der Waals surface area (Å²) in [5, 5.41) is 7.26. The van der Waals surface area contributed by atoms with Crippen LogP contribution in [0.5, 0.6) is 0 Å².